The highest BCUT2D eigenvalue weighted by Crippen LogP contribution is 2.49. The van der Waals surface area contributed by atoms with Gasteiger partial charge in [0.05, 0.1) is 0 Å². The van der Waals surface area contributed by atoms with Crippen molar-refractivity contribution in [3.8, 4) is 0 Å². The van der Waals surface area contributed by atoms with E-state index in [9.17, 15) is 4.79 Å². The zero-order chi connectivity index (χ0) is 10.3. The lowest BCUT2D eigenvalue weighted by molar-refractivity contribution is -0.103. The van der Waals surface area contributed by atoms with E-state index < -0.39 is 0 Å². The molecule has 0 bridgehead atoms. The summed E-state index contributed by atoms with van der Waals surface area (Å²) in [4.78, 5) is 11.0. The number of fused-ring (bicyclic) bond motifs is 2. The Bertz CT molecular complexity index is 436. The van der Waals surface area contributed by atoms with Gasteiger partial charge in [0.15, 0.2) is 0 Å². The van der Waals surface area contributed by atoms with Gasteiger partial charge in [-0.2, -0.15) is 0 Å². The van der Waals surface area contributed by atoms with Crippen molar-refractivity contribution >= 4 is 11.9 Å². The molecule has 3 rings (SSSR count). The fourth-order valence-corrected chi connectivity index (χ4v) is 3.14. The molecule has 1 heteroatoms. The van der Waals surface area contributed by atoms with Gasteiger partial charge in [-0.25, -0.2) is 0 Å². The van der Waals surface area contributed by atoms with E-state index in [1.54, 1.807) is 0 Å². The lowest BCUT2D eigenvalue weighted by Gasteiger charge is -2.22. The third-order valence-electron chi connectivity index (χ3n) is 3.83. The molecular formula is C14H14O. The lowest BCUT2D eigenvalue weighted by atomic mass is 9.81. The molecule has 2 aliphatic rings. The van der Waals surface area contributed by atoms with Gasteiger partial charge < -0.3 is 0 Å². The molecule has 0 saturated heterocycles. The van der Waals surface area contributed by atoms with Crippen LogP contribution in [0.4, 0.5) is 0 Å². The van der Waals surface area contributed by atoms with E-state index >= 15 is 0 Å². The van der Waals surface area contributed by atoms with Crippen molar-refractivity contribution in [3.63, 3.8) is 0 Å². The van der Waals surface area contributed by atoms with Crippen molar-refractivity contribution in [2.45, 2.75) is 31.1 Å². The molecule has 0 amide bonds. The Labute approximate surface area is 89.8 Å². The number of aldehydes is 1. The van der Waals surface area contributed by atoms with E-state index in [0.717, 1.165) is 17.4 Å². The van der Waals surface area contributed by atoms with Crippen LogP contribution < -0.4 is 0 Å². The Balaban J connectivity index is 2.21. The number of carbonyl (C=O) groups excluding carboxylic acids is 1. The standard InChI is InChI=1S/C14H14O/c15-10-11-9-14(7-3-4-8-14)13-6-2-1-5-12(11)13/h1-2,5-6,9-10H,3-4,7-8H2. The largest absolute Gasteiger partial charge is 0.298 e. The van der Waals surface area contributed by atoms with Gasteiger partial charge in [0.1, 0.15) is 6.29 Å². The first-order chi connectivity index (χ1) is 7.36. The molecular weight excluding hydrogens is 184 g/mol. The molecule has 0 radical (unpaired) electrons. The van der Waals surface area contributed by atoms with Crippen LogP contribution in [0.1, 0.15) is 36.8 Å². The van der Waals surface area contributed by atoms with E-state index in [2.05, 4.69) is 24.3 Å². The van der Waals surface area contributed by atoms with Gasteiger partial charge in [0.2, 0.25) is 0 Å². The Morgan fingerprint density at radius 1 is 1.13 bits per heavy atom. The monoisotopic (exact) mass is 198 g/mol. The fourth-order valence-electron chi connectivity index (χ4n) is 3.14. The quantitative estimate of drug-likeness (QED) is 0.634. The SMILES string of the molecule is O=CC1=CC2(CCCC2)c2ccccc21. The van der Waals surface area contributed by atoms with Crippen LogP contribution in [-0.4, -0.2) is 6.29 Å². The molecule has 2 aliphatic carbocycles. The Morgan fingerprint density at radius 3 is 2.60 bits per heavy atom. The smallest absolute Gasteiger partial charge is 0.150 e. The fraction of sp³-hybridized carbons (Fsp3) is 0.357. The molecule has 76 valence electrons. The number of carbonyl (C=O) groups is 1. The van der Waals surface area contributed by atoms with E-state index in [0.29, 0.717) is 0 Å². The van der Waals surface area contributed by atoms with Gasteiger partial charge in [0, 0.05) is 11.0 Å². The van der Waals surface area contributed by atoms with E-state index in [1.165, 1.54) is 31.2 Å². The number of allylic oxidation sites excluding steroid dienone is 2. The minimum atomic E-state index is 0.201. The highest BCUT2D eigenvalue weighted by Gasteiger charge is 2.39. The van der Waals surface area contributed by atoms with Gasteiger partial charge in [0.25, 0.3) is 0 Å². The number of hydrogen-bond acceptors (Lipinski definition) is 1. The maximum Gasteiger partial charge on any atom is 0.150 e. The second-order valence-corrected chi connectivity index (χ2v) is 4.63. The molecule has 0 unspecified atom stereocenters. The predicted molar refractivity (Wildman–Crippen MR) is 60.6 cm³/mol. The molecule has 1 spiro atoms. The lowest BCUT2D eigenvalue weighted by Crippen LogP contribution is -2.16. The van der Waals surface area contributed by atoms with Crippen molar-refractivity contribution in [1.82, 2.24) is 0 Å². The summed E-state index contributed by atoms with van der Waals surface area (Å²) < 4.78 is 0. The molecule has 1 aromatic rings. The van der Waals surface area contributed by atoms with Crippen molar-refractivity contribution in [2.24, 2.45) is 0 Å². The first-order valence-electron chi connectivity index (χ1n) is 5.64. The Hall–Kier alpha value is -1.37. The maximum atomic E-state index is 11.0. The van der Waals surface area contributed by atoms with Crippen LogP contribution in [0.2, 0.25) is 0 Å². The van der Waals surface area contributed by atoms with Crippen molar-refractivity contribution in [2.75, 3.05) is 0 Å². The first kappa shape index (κ1) is 8.90. The van der Waals surface area contributed by atoms with Gasteiger partial charge in [-0.05, 0) is 24.0 Å². The second kappa shape index (κ2) is 3.06. The molecule has 0 heterocycles. The molecule has 0 aliphatic heterocycles. The summed E-state index contributed by atoms with van der Waals surface area (Å²) in [5, 5.41) is 0. The average molecular weight is 198 g/mol. The van der Waals surface area contributed by atoms with Gasteiger partial charge in [-0.1, -0.05) is 43.2 Å². The summed E-state index contributed by atoms with van der Waals surface area (Å²) in [7, 11) is 0. The summed E-state index contributed by atoms with van der Waals surface area (Å²) >= 11 is 0. The van der Waals surface area contributed by atoms with Crippen LogP contribution in [0, 0.1) is 0 Å². The molecule has 15 heavy (non-hydrogen) atoms. The number of benzene rings is 1. The predicted octanol–water partition coefficient (Wildman–Crippen LogP) is 3.09. The molecule has 0 aromatic heterocycles. The van der Waals surface area contributed by atoms with Crippen LogP contribution in [-0.2, 0) is 10.2 Å². The summed E-state index contributed by atoms with van der Waals surface area (Å²) in [6, 6.07) is 8.36. The number of hydrogen-bond donors (Lipinski definition) is 0. The zero-order valence-corrected chi connectivity index (χ0v) is 8.70. The summed E-state index contributed by atoms with van der Waals surface area (Å²) in [6.45, 7) is 0. The summed E-state index contributed by atoms with van der Waals surface area (Å²) in [5.41, 5.74) is 3.64. The highest BCUT2D eigenvalue weighted by atomic mass is 16.1. The van der Waals surface area contributed by atoms with Crippen molar-refractivity contribution in [3.05, 3.63) is 41.5 Å². The van der Waals surface area contributed by atoms with Crippen LogP contribution in [0.25, 0.3) is 5.57 Å². The third kappa shape index (κ3) is 1.12. The Kier molecular flexibility index (Phi) is 1.82. The maximum absolute atomic E-state index is 11.0. The molecule has 1 aromatic carbocycles. The van der Waals surface area contributed by atoms with Crippen LogP contribution in [0.5, 0.6) is 0 Å². The van der Waals surface area contributed by atoms with E-state index in [1.807, 2.05) is 6.07 Å². The van der Waals surface area contributed by atoms with Gasteiger partial charge >= 0.3 is 0 Å². The first-order valence-corrected chi connectivity index (χ1v) is 5.64. The summed E-state index contributed by atoms with van der Waals surface area (Å²) in [6.07, 6.45) is 8.21. The highest BCUT2D eigenvalue weighted by molar-refractivity contribution is 6.10. The van der Waals surface area contributed by atoms with Crippen LogP contribution in [0.15, 0.2) is 30.3 Å². The van der Waals surface area contributed by atoms with E-state index in [-0.39, 0.29) is 5.41 Å². The molecule has 0 atom stereocenters. The normalized spacial score (nSPS) is 21.5. The minimum Gasteiger partial charge on any atom is -0.298 e. The molecule has 1 nitrogen and oxygen atoms in total. The van der Waals surface area contributed by atoms with Crippen LogP contribution >= 0.6 is 0 Å². The van der Waals surface area contributed by atoms with E-state index in [4.69, 9.17) is 0 Å². The second-order valence-electron chi connectivity index (χ2n) is 4.63. The third-order valence-corrected chi connectivity index (χ3v) is 3.83. The Morgan fingerprint density at radius 2 is 1.87 bits per heavy atom. The number of rotatable bonds is 1. The molecule has 0 N–H and O–H groups in total. The molecule has 1 saturated carbocycles. The molecule has 1 fully saturated rings. The topological polar surface area (TPSA) is 17.1 Å². The average Bonchev–Trinajstić information content (AvgIpc) is 2.87. The van der Waals surface area contributed by atoms with Gasteiger partial charge in [-0.15, -0.1) is 0 Å². The zero-order valence-electron chi connectivity index (χ0n) is 8.70. The van der Waals surface area contributed by atoms with Crippen molar-refractivity contribution < 1.29 is 4.79 Å². The van der Waals surface area contributed by atoms with Gasteiger partial charge in [-0.3, -0.25) is 4.79 Å². The van der Waals surface area contributed by atoms with Crippen molar-refractivity contribution in [1.29, 1.82) is 0 Å². The summed E-state index contributed by atoms with van der Waals surface area (Å²) in [5.74, 6) is 0. The van der Waals surface area contributed by atoms with Crippen LogP contribution in [0.3, 0.4) is 0 Å². The minimum absolute atomic E-state index is 0.201.